The van der Waals surface area contributed by atoms with E-state index >= 15 is 0 Å². The predicted molar refractivity (Wildman–Crippen MR) is 35.2 cm³/mol. The number of carbonyl (C=O) groups is 1. The molecule has 3 heteroatoms. The lowest BCUT2D eigenvalue weighted by Gasteiger charge is -1.78. The lowest BCUT2D eigenvalue weighted by Crippen LogP contribution is -2.06. The fourth-order valence-corrected chi connectivity index (χ4v) is 0.550. The van der Waals surface area contributed by atoms with Gasteiger partial charge in [0.05, 0.1) is 0 Å². The summed E-state index contributed by atoms with van der Waals surface area (Å²) in [4.78, 5) is 14.1. The Morgan fingerprint density at radius 2 is 2.44 bits per heavy atom. The van der Waals surface area contributed by atoms with Crippen molar-refractivity contribution in [3.63, 3.8) is 0 Å². The van der Waals surface area contributed by atoms with Gasteiger partial charge in [-0.15, -0.1) is 0 Å². The number of aliphatic imine (C=N–C) groups is 1. The first-order valence-electron chi connectivity index (χ1n) is 2.72. The largest absolute Gasteiger partial charge is 0.366 e. The second kappa shape index (κ2) is 2.01. The average molecular weight is 124 g/mol. The Hall–Kier alpha value is -1.12. The van der Waals surface area contributed by atoms with Crippen molar-refractivity contribution in [1.82, 2.24) is 0 Å². The molecule has 1 heterocycles. The summed E-state index contributed by atoms with van der Waals surface area (Å²) in [7, 11) is 0. The topological polar surface area (TPSA) is 55.4 Å². The van der Waals surface area contributed by atoms with E-state index in [0.29, 0.717) is 0 Å². The normalized spacial score (nSPS) is 24.1. The minimum Gasteiger partial charge on any atom is -0.366 e. The molecule has 0 aromatic heterocycles. The molecule has 0 spiro atoms. The summed E-state index contributed by atoms with van der Waals surface area (Å²) < 4.78 is 0. The third-order valence-electron chi connectivity index (χ3n) is 1.15. The average Bonchev–Trinajstić information content (AvgIpc) is 2.42. The van der Waals surface area contributed by atoms with E-state index in [1.54, 1.807) is 6.08 Å². The summed E-state index contributed by atoms with van der Waals surface area (Å²) in [5, 5.41) is 0. The predicted octanol–water partition coefficient (Wildman–Crippen LogP) is -0.129. The molecular formula is C6H8N2O. The molecule has 2 N–H and O–H groups in total. The number of nitrogens with zero attached hydrogens (tertiary/aromatic N) is 1. The number of rotatable bonds is 2. The van der Waals surface area contributed by atoms with Crippen LogP contribution in [-0.2, 0) is 4.79 Å². The molecule has 0 saturated heterocycles. The molecule has 0 bridgehead atoms. The SMILES string of the molecule is CC1=N[C@@H]1/C=C\C(N)=O. The van der Waals surface area contributed by atoms with Crippen molar-refractivity contribution < 1.29 is 4.79 Å². The van der Waals surface area contributed by atoms with Crippen molar-refractivity contribution in [3.05, 3.63) is 12.2 Å². The van der Waals surface area contributed by atoms with Gasteiger partial charge in [0.2, 0.25) is 5.91 Å². The second-order valence-electron chi connectivity index (χ2n) is 1.98. The third kappa shape index (κ3) is 1.68. The van der Waals surface area contributed by atoms with Gasteiger partial charge in [0, 0.05) is 11.8 Å². The van der Waals surface area contributed by atoms with Gasteiger partial charge in [-0.2, -0.15) is 0 Å². The van der Waals surface area contributed by atoms with Crippen molar-refractivity contribution in [2.24, 2.45) is 10.7 Å². The number of amides is 1. The molecule has 0 unspecified atom stereocenters. The fourth-order valence-electron chi connectivity index (χ4n) is 0.550. The van der Waals surface area contributed by atoms with Gasteiger partial charge in [-0.25, -0.2) is 0 Å². The van der Waals surface area contributed by atoms with E-state index in [2.05, 4.69) is 4.99 Å². The Morgan fingerprint density at radius 3 is 2.78 bits per heavy atom. The Morgan fingerprint density at radius 1 is 1.89 bits per heavy atom. The van der Waals surface area contributed by atoms with Crippen LogP contribution in [0.25, 0.3) is 0 Å². The highest BCUT2D eigenvalue weighted by molar-refractivity contribution is 6.01. The number of hydrogen-bond donors (Lipinski definition) is 1. The Kier molecular flexibility index (Phi) is 1.34. The van der Waals surface area contributed by atoms with Crippen LogP contribution in [-0.4, -0.2) is 17.7 Å². The maximum atomic E-state index is 10.1. The summed E-state index contributed by atoms with van der Waals surface area (Å²) in [6.45, 7) is 1.91. The number of hydrogen-bond acceptors (Lipinski definition) is 2. The maximum Gasteiger partial charge on any atom is 0.241 e. The minimum absolute atomic E-state index is 0.164. The van der Waals surface area contributed by atoms with Crippen molar-refractivity contribution in [1.29, 1.82) is 0 Å². The van der Waals surface area contributed by atoms with E-state index in [-0.39, 0.29) is 6.04 Å². The van der Waals surface area contributed by atoms with E-state index in [1.165, 1.54) is 6.08 Å². The van der Waals surface area contributed by atoms with Crippen LogP contribution < -0.4 is 5.73 Å². The highest BCUT2D eigenvalue weighted by Gasteiger charge is 2.18. The standard InChI is InChI=1S/C6H8N2O/c1-4-5(8-4)2-3-6(7)9/h2-3,5H,1H3,(H2,7,9)/b3-2-/t5-/m1/s1. The summed E-state index contributed by atoms with van der Waals surface area (Å²) in [5.41, 5.74) is 5.90. The monoisotopic (exact) mass is 124 g/mol. The van der Waals surface area contributed by atoms with Crippen LogP contribution >= 0.6 is 0 Å². The summed E-state index contributed by atoms with van der Waals surface area (Å²) in [6.07, 6.45) is 3.03. The Labute approximate surface area is 53.3 Å². The Bertz CT molecular complexity index is 193. The maximum absolute atomic E-state index is 10.1. The second-order valence-corrected chi connectivity index (χ2v) is 1.98. The van der Waals surface area contributed by atoms with Gasteiger partial charge in [0.1, 0.15) is 6.04 Å². The zero-order chi connectivity index (χ0) is 6.85. The van der Waals surface area contributed by atoms with E-state index in [4.69, 9.17) is 5.73 Å². The van der Waals surface area contributed by atoms with Crippen LogP contribution in [0.5, 0.6) is 0 Å². The van der Waals surface area contributed by atoms with Crippen LogP contribution in [0.2, 0.25) is 0 Å². The first kappa shape index (κ1) is 6.01. The number of carbonyl (C=O) groups excluding carboxylic acids is 1. The molecule has 1 rings (SSSR count). The first-order chi connectivity index (χ1) is 4.20. The smallest absolute Gasteiger partial charge is 0.241 e. The quantitative estimate of drug-likeness (QED) is 0.512. The Balaban J connectivity index is 2.28. The van der Waals surface area contributed by atoms with Gasteiger partial charge >= 0.3 is 0 Å². The highest BCUT2D eigenvalue weighted by Crippen LogP contribution is 2.11. The molecule has 3 nitrogen and oxygen atoms in total. The lowest BCUT2D eigenvalue weighted by atomic mass is 10.3. The minimum atomic E-state index is -0.412. The molecule has 0 aromatic rings. The zero-order valence-electron chi connectivity index (χ0n) is 5.16. The molecule has 1 amide bonds. The van der Waals surface area contributed by atoms with Gasteiger partial charge < -0.3 is 5.73 Å². The molecule has 1 atom stereocenters. The van der Waals surface area contributed by atoms with Crippen molar-refractivity contribution in [2.45, 2.75) is 13.0 Å². The molecule has 9 heavy (non-hydrogen) atoms. The number of nitrogens with two attached hydrogens (primary N) is 1. The van der Waals surface area contributed by atoms with Gasteiger partial charge in [-0.3, -0.25) is 9.79 Å². The third-order valence-corrected chi connectivity index (χ3v) is 1.15. The first-order valence-corrected chi connectivity index (χ1v) is 2.72. The van der Waals surface area contributed by atoms with Gasteiger partial charge in [0.15, 0.2) is 0 Å². The number of primary amides is 1. The molecule has 0 saturated carbocycles. The van der Waals surface area contributed by atoms with E-state index < -0.39 is 5.91 Å². The highest BCUT2D eigenvalue weighted by atomic mass is 16.1. The van der Waals surface area contributed by atoms with E-state index in [0.717, 1.165) is 5.71 Å². The van der Waals surface area contributed by atoms with Crippen LogP contribution in [0.1, 0.15) is 6.92 Å². The summed E-state index contributed by atoms with van der Waals surface area (Å²) >= 11 is 0. The van der Waals surface area contributed by atoms with Gasteiger partial charge in [0.25, 0.3) is 0 Å². The zero-order valence-corrected chi connectivity index (χ0v) is 5.16. The van der Waals surface area contributed by atoms with Crippen molar-refractivity contribution in [3.8, 4) is 0 Å². The lowest BCUT2D eigenvalue weighted by molar-refractivity contribution is -0.113. The molecule has 0 radical (unpaired) electrons. The molecule has 1 aliphatic heterocycles. The van der Waals surface area contributed by atoms with Crippen LogP contribution in [0.15, 0.2) is 17.1 Å². The van der Waals surface area contributed by atoms with E-state index in [9.17, 15) is 4.79 Å². The molecular weight excluding hydrogens is 116 g/mol. The van der Waals surface area contributed by atoms with Crippen LogP contribution in [0.3, 0.4) is 0 Å². The van der Waals surface area contributed by atoms with Gasteiger partial charge in [-0.1, -0.05) is 0 Å². The molecule has 1 aliphatic rings. The van der Waals surface area contributed by atoms with E-state index in [1.807, 2.05) is 6.92 Å². The summed E-state index contributed by atoms with van der Waals surface area (Å²) in [6, 6.07) is 0.164. The molecule has 48 valence electrons. The molecule has 0 aromatic carbocycles. The van der Waals surface area contributed by atoms with Crippen LogP contribution in [0, 0.1) is 0 Å². The van der Waals surface area contributed by atoms with Crippen molar-refractivity contribution in [2.75, 3.05) is 0 Å². The molecule has 0 fully saturated rings. The molecule has 0 aliphatic carbocycles. The van der Waals surface area contributed by atoms with Crippen molar-refractivity contribution >= 4 is 11.6 Å². The fraction of sp³-hybridized carbons (Fsp3) is 0.333. The van der Waals surface area contributed by atoms with Crippen LogP contribution in [0.4, 0.5) is 0 Å². The summed E-state index contributed by atoms with van der Waals surface area (Å²) in [5.74, 6) is -0.412. The van der Waals surface area contributed by atoms with Gasteiger partial charge in [-0.05, 0) is 13.0 Å².